The molecule has 0 fully saturated rings. The molecule has 2 heterocycles. The number of primary amides is 1. The van der Waals surface area contributed by atoms with Crippen molar-refractivity contribution in [2.24, 2.45) is 5.73 Å². The van der Waals surface area contributed by atoms with Crippen LogP contribution < -0.4 is 11.1 Å². The lowest BCUT2D eigenvalue weighted by atomic mass is 9.91. The number of benzene rings is 1. The van der Waals surface area contributed by atoms with Gasteiger partial charge in [0.15, 0.2) is 0 Å². The summed E-state index contributed by atoms with van der Waals surface area (Å²) in [6.07, 6.45) is 1.36. The van der Waals surface area contributed by atoms with Crippen molar-refractivity contribution >= 4 is 23.5 Å². The normalized spacial score (nSPS) is 12.1. The minimum absolute atomic E-state index is 0.325. The van der Waals surface area contributed by atoms with E-state index in [0.717, 1.165) is 28.1 Å². The van der Waals surface area contributed by atoms with Crippen LogP contribution in [0.1, 0.15) is 43.2 Å². The molecule has 4 rings (SSSR count). The maximum absolute atomic E-state index is 11.7. The number of esters is 1. The number of anilines is 2. The molecule has 1 aliphatic rings. The molecule has 0 unspecified atom stereocenters. The van der Waals surface area contributed by atoms with Gasteiger partial charge < -0.3 is 15.8 Å². The van der Waals surface area contributed by atoms with Gasteiger partial charge in [0.05, 0.1) is 18.4 Å². The van der Waals surface area contributed by atoms with E-state index in [2.05, 4.69) is 25.5 Å². The van der Waals surface area contributed by atoms with E-state index < -0.39 is 11.9 Å². The number of nitrogens with zero attached hydrogens (tertiary/aromatic N) is 3. The molecule has 0 bridgehead atoms. The third kappa shape index (κ3) is 3.20. The van der Waals surface area contributed by atoms with Crippen LogP contribution in [0.5, 0.6) is 0 Å². The first-order valence-electron chi connectivity index (χ1n) is 9.10. The summed E-state index contributed by atoms with van der Waals surface area (Å²) in [7, 11) is 1.35. The molecule has 29 heavy (non-hydrogen) atoms. The molecule has 0 radical (unpaired) electrons. The van der Waals surface area contributed by atoms with Crippen molar-refractivity contribution < 1.29 is 14.3 Å². The number of hydrogen-bond acceptors (Lipinski definition) is 7. The molecule has 0 saturated carbocycles. The number of carbonyl (C=O) groups is 2. The molecule has 1 aromatic carbocycles. The Morgan fingerprint density at radius 2 is 1.90 bits per heavy atom. The van der Waals surface area contributed by atoms with E-state index in [9.17, 15) is 9.59 Å². The van der Waals surface area contributed by atoms with Gasteiger partial charge in [0.25, 0.3) is 5.91 Å². The van der Waals surface area contributed by atoms with Gasteiger partial charge in [-0.05, 0) is 50.5 Å². The standard InChI is InChI=1S/C20H20N6O3/c1-9-8-11(19(28)29-3)4-7-14(9)23-20-22-10(2)12-5-6-13-16(15(12)24-20)25-26-17(13)18(21)27/h4,7-8H,5-6H2,1-3H3,(H2,21,27)(H,25,26)(H,22,23,24). The van der Waals surface area contributed by atoms with Gasteiger partial charge in [-0.2, -0.15) is 5.10 Å². The third-order valence-electron chi connectivity index (χ3n) is 5.07. The first-order chi connectivity index (χ1) is 13.9. The van der Waals surface area contributed by atoms with Gasteiger partial charge in [0, 0.05) is 22.5 Å². The molecule has 0 spiro atoms. The monoisotopic (exact) mass is 392 g/mol. The van der Waals surface area contributed by atoms with E-state index >= 15 is 0 Å². The SMILES string of the molecule is COC(=O)c1ccc(Nc2nc(C)c3c(n2)-c2n[nH]c(C(N)=O)c2CC3)c(C)c1. The molecule has 9 nitrogen and oxygen atoms in total. The molecule has 0 atom stereocenters. The summed E-state index contributed by atoms with van der Waals surface area (Å²) in [6.45, 7) is 3.80. The molecule has 3 aromatic rings. The number of nitrogens with one attached hydrogen (secondary N) is 2. The molecule has 1 amide bonds. The molecule has 4 N–H and O–H groups in total. The number of fused-ring (bicyclic) bond motifs is 3. The number of rotatable bonds is 4. The zero-order valence-electron chi connectivity index (χ0n) is 16.3. The van der Waals surface area contributed by atoms with Crippen molar-refractivity contribution in [2.75, 3.05) is 12.4 Å². The zero-order chi connectivity index (χ0) is 20.7. The predicted molar refractivity (Wildman–Crippen MR) is 106 cm³/mol. The van der Waals surface area contributed by atoms with E-state index in [1.165, 1.54) is 7.11 Å². The highest BCUT2D eigenvalue weighted by atomic mass is 16.5. The Balaban J connectivity index is 1.72. The Morgan fingerprint density at radius 1 is 1.14 bits per heavy atom. The zero-order valence-corrected chi connectivity index (χ0v) is 16.3. The number of carbonyl (C=O) groups excluding carboxylic acids is 2. The van der Waals surface area contributed by atoms with E-state index in [1.807, 2.05) is 13.8 Å². The molecule has 0 aliphatic heterocycles. The molecule has 0 saturated heterocycles. The van der Waals surface area contributed by atoms with Crippen molar-refractivity contribution in [2.45, 2.75) is 26.7 Å². The highest BCUT2D eigenvalue weighted by Gasteiger charge is 2.27. The lowest BCUT2D eigenvalue weighted by molar-refractivity contribution is 0.0600. The molecule has 9 heteroatoms. The summed E-state index contributed by atoms with van der Waals surface area (Å²) in [5, 5.41) is 10.2. The number of nitrogens with two attached hydrogens (primary N) is 1. The summed E-state index contributed by atoms with van der Waals surface area (Å²) < 4.78 is 4.75. The van der Waals surface area contributed by atoms with Crippen molar-refractivity contribution in [1.29, 1.82) is 0 Å². The fourth-order valence-corrected chi connectivity index (χ4v) is 3.57. The Bertz CT molecular complexity index is 1150. The Kier molecular flexibility index (Phi) is 4.50. The van der Waals surface area contributed by atoms with Crippen LogP contribution in [0.25, 0.3) is 11.4 Å². The van der Waals surface area contributed by atoms with E-state index in [0.29, 0.717) is 41.4 Å². The lowest BCUT2D eigenvalue weighted by Gasteiger charge is -2.18. The smallest absolute Gasteiger partial charge is 0.337 e. The Labute approximate surface area is 166 Å². The highest BCUT2D eigenvalue weighted by molar-refractivity contribution is 5.94. The number of ether oxygens (including phenoxy) is 1. The maximum atomic E-state index is 11.7. The molecule has 148 valence electrons. The van der Waals surface area contributed by atoms with Gasteiger partial charge in [0.2, 0.25) is 5.95 Å². The average Bonchev–Trinajstić information content (AvgIpc) is 3.14. The van der Waals surface area contributed by atoms with E-state index in [1.54, 1.807) is 18.2 Å². The highest BCUT2D eigenvalue weighted by Crippen LogP contribution is 2.34. The Hall–Kier alpha value is -3.75. The Morgan fingerprint density at radius 3 is 2.59 bits per heavy atom. The second-order valence-electron chi connectivity index (χ2n) is 6.90. The van der Waals surface area contributed by atoms with Gasteiger partial charge in [-0.15, -0.1) is 0 Å². The number of aromatic nitrogens is 4. The van der Waals surface area contributed by atoms with Gasteiger partial charge in [-0.3, -0.25) is 9.89 Å². The van der Waals surface area contributed by atoms with Crippen molar-refractivity contribution in [1.82, 2.24) is 20.2 Å². The minimum atomic E-state index is -0.535. The molecular weight excluding hydrogens is 372 g/mol. The van der Waals surface area contributed by atoms with Gasteiger partial charge in [0.1, 0.15) is 11.4 Å². The first-order valence-corrected chi connectivity index (χ1v) is 9.10. The minimum Gasteiger partial charge on any atom is -0.465 e. The van der Waals surface area contributed by atoms with Crippen molar-refractivity contribution in [3.63, 3.8) is 0 Å². The summed E-state index contributed by atoms with van der Waals surface area (Å²) in [6, 6.07) is 5.20. The maximum Gasteiger partial charge on any atom is 0.337 e. The first kappa shape index (κ1) is 18.6. The van der Waals surface area contributed by atoms with Crippen molar-refractivity contribution in [3.05, 3.63) is 51.8 Å². The number of methoxy groups -OCH3 is 1. The quantitative estimate of drug-likeness (QED) is 0.579. The summed E-state index contributed by atoms with van der Waals surface area (Å²) in [5.74, 6) is -0.517. The van der Waals surface area contributed by atoms with Gasteiger partial charge in [-0.1, -0.05) is 0 Å². The average molecular weight is 392 g/mol. The second-order valence-corrected chi connectivity index (χ2v) is 6.90. The molecule has 1 aliphatic carbocycles. The van der Waals surface area contributed by atoms with Crippen LogP contribution in [-0.2, 0) is 17.6 Å². The molecular formula is C20H20N6O3. The predicted octanol–water partition coefficient (Wildman–Crippen LogP) is 2.21. The fraction of sp³-hybridized carbons (Fsp3) is 0.250. The summed E-state index contributed by atoms with van der Waals surface area (Å²) >= 11 is 0. The van der Waals surface area contributed by atoms with Gasteiger partial charge in [-0.25, -0.2) is 14.8 Å². The number of aromatic amines is 1. The number of amides is 1. The topological polar surface area (TPSA) is 136 Å². The van der Waals surface area contributed by atoms with Crippen LogP contribution in [0, 0.1) is 13.8 Å². The van der Waals surface area contributed by atoms with E-state index in [-0.39, 0.29) is 0 Å². The van der Waals surface area contributed by atoms with Crippen LogP contribution in [0.4, 0.5) is 11.6 Å². The third-order valence-corrected chi connectivity index (χ3v) is 5.07. The fourth-order valence-electron chi connectivity index (χ4n) is 3.57. The summed E-state index contributed by atoms with van der Waals surface area (Å²) in [5.41, 5.74) is 11.8. The molecule has 2 aromatic heterocycles. The van der Waals surface area contributed by atoms with Crippen LogP contribution in [0.3, 0.4) is 0 Å². The summed E-state index contributed by atoms with van der Waals surface area (Å²) in [4.78, 5) is 32.5. The van der Waals surface area contributed by atoms with Crippen LogP contribution >= 0.6 is 0 Å². The van der Waals surface area contributed by atoms with Crippen molar-refractivity contribution in [3.8, 4) is 11.4 Å². The van der Waals surface area contributed by atoms with E-state index in [4.69, 9.17) is 10.5 Å². The van der Waals surface area contributed by atoms with Gasteiger partial charge >= 0.3 is 5.97 Å². The second kappa shape index (κ2) is 7.01. The van der Waals surface area contributed by atoms with Crippen LogP contribution in [0.15, 0.2) is 18.2 Å². The lowest BCUT2D eigenvalue weighted by Crippen LogP contribution is -2.16. The number of hydrogen-bond donors (Lipinski definition) is 3. The largest absolute Gasteiger partial charge is 0.465 e. The number of H-pyrrole nitrogens is 1. The number of aryl methyl sites for hydroxylation is 2. The van der Waals surface area contributed by atoms with Crippen LogP contribution in [-0.4, -0.2) is 39.2 Å². The van der Waals surface area contributed by atoms with Crippen LogP contribution in [0.2, 0.25) is 0 Å².